The highest BCUT2D eigenvalue weighted by Crippen LogP contribution is 2.38. The standard InChI is InChI=1S/C20H18.C9H12O.C8H8O.C8H10.2C7H18Si.C4H12Si.C3H6O.C2H6O/c1-20(17-11-5-2-6-12-17,18-13-7-3-8-14-18)19-15-9-4-10-16-19;1-3-8-4-6-9(10-2)7-5-8;1-7(9)8-5-3-2-4-6-8;1-2-8-6-4-3-5-7-8;1-7(2,3)8(4,5)6;1-5-8(4,6-2)7-3;1-5(2,3)4;1-3(2)4;1-3-2/h2-16H,1H3;4-7H,3H2,1-2H3;2-6H,1H3;3-7H,2H2,1H3;1-6H3;5-7H2,1-4H3;1-4H3;1-2H3;1-2H3. The molecule has 6 aromatic rings. The molecule has 0 radical (unpaired) electrons. The Kier molecular flexibility index (Phi) is 40.9. The van der Waals surface area contributed by atoms with Crippen molar-refractivity contribution < 1.29 is 19.1 Å². The van der Waals surface area contributed by atoms with Crippen molar-refractivity contribution in [3.05, 3.63) is 209 Å². The predicted octanol–water partition coefficient (Wildman–Crippen LogP) is 20.5. The molecule has 0 saturated heterocycles. The first kappa shape index (κ1) is 74.3. The number of benzene rings is 6. The van der Waals surface area contributed by atoms with E-state index >= 15 is 0 Å². The highest BCUT2D eigenvalue weighted by molar-refractivity contribution is 6.79. The van der Waals surface area contributed by atoms with Crippen molar-refractivity contribution in [3.63, 3.8) is 0 Å². The van der Waals surface area contributed by atoms with Gasteiger partial charge in [0.2, 0.25) is 0 Å². The first-order valence-corrected chi connectivity index (χ1v) is 37.9. The topological polar surface area (TPSA) is 52.6 Å². The average molecular weight is 1070 g/mol. The number of rotatable bonds is 10. The molecule has 0 amide bonds. The zero-order chi connectivity index (χ0) is 58.2. The third kappa shape index (κ3) is 37.5. The maximum absolute atomic E-state index is 10.6. The molecule has 6 rings (SSSR count). The molecule has 0 unspecified atom stereocenters. The number of aryl methyl sites for hydroxylation is 2. The molecular formula is C68H108O4Si3. The van der Waals surface area contributed by atoms with Crippen molar-refractivity contribution in [2.45, 2.75) is 177 Å². The van der Waals surface area contributed by atoms with Gasteiger partial charge in [-0.15, -0.1) is 0 Å². The summed E-state index contributed by atoms with van der Waals surface area (Å²) in [6, 6.07) is 64.3. The Bertz CT molecular complexity index is 2090. The Morgan fingerprint density at radius 1 is 0.427 bits per heavy atom. The Morgan fingerprint density at radius 2 is 0.667 bits per heavy atom. The van der Waals surface area contributed by atoms with Gasteiger partial charge in [0, 0.05) is 49.4 Å². The number of ketones is 2. The van der Waals surface area contributed by atoms with E-state index in [2.05, 4.69) is 247 Å². The lowest BCUT2D eigenvalue weighted by Crippen LogP contribution is -2.32. The molecule has 0 saturated carbocycles. The van der Waals surface area contributed by atoms with Gasteiger partial charge in [0.1, 0.15) is 11.5 Å². The van der Waals surface area contributed by atoms with Crippen LogP contribution in [0, 0.1) is 0 Å². The summed E-state index contributed by atoms with van der Waals surface area (Å²) in [4.78, 5) is 20.1. The summed E-state index contributed by atoms with van der Waals surface area (Å²) in [6.45, 7) is 44.2. The Labute approximate surface area is 465 Å². The molecule has 6 aromatic carbocycles. The molecule has 75 heavy (non-hydrogen) atoms. The van der Waals surface area contributed by atoms with Crippen molar-refractivity contribution in [2.75, 3.05) is 21.3 Å². The third-order valence-corrected chi connectivity index (χ3v) is 22.5. The quantitative estimate of drug-likeness (QED) is 0.0779. The van der Waals surface area contributed by atoms with Gasteiger partial charge in [0.05, 0.1) is 7.11 Å². The summed E-state index contributed by atoms with van der Waals surface area (Å²) < 4.78 is 9.26. The van der Waals surface area contributed by atoms with Crippen molar-refractivity contribution in [1.29, 1.82) is 0 Å². The second kappa shape index (κ2) is 41.3. The maximum Gasteiger partial charge on any atom is 0.159 e. The van der Waals surface area contributed by atoms with E-state index in [4.69, 9.17) is 4.74 Å². The van der Waals surface area contributed by atoms with E-state index in [0.29, 0.717) is 5.04 Å². The Morgan fingerprint density at radius 3 is 0.840 bits per heavy atom. The first-order valence-electron chi connectivity index (χ1n) is 27.3. The first-order chi connectivity index (χ1) is 35.0. The van der Waals surface area contributed by atoms with Gasteiger partial charge in [-0.2, -0.15) is 0 Å². The molecule has 0 bridgehead atoms. The molecule has 0 aliphatic heterocycles. The van der Waals surface area contributed by atoms with Crippen LogP contribution in [-0.2, 0) is 27.8 Å². The molecule has 0 fully saturated rings. The lowest BCUT2D eigenvalue weighted by molar-refractivity contribution is -0.115. The van der Waals surface area contributed by atoms with Crippen molar-refractivity contribution in [3.8, 4) is 5.75 Å². The molecular weight excluding hydrogens is 965 g/mol. The fraction of sp³-hybridized carbons (Fsp3) is 0.441. The molecule has 0 aliphatic rings. The van der Waals surface area contributed by atoms with Crippen LogP contribution in [0.25, 0.3) is 0 Å². The number of hydrogen-bond donors (Lipinski definition) is 0. The summed E-state index contributed by atoms with van der Waals surface area (Å²) in [7, 11) is 2.79. The zero-order valence-electron chi connectivity index (χ0n) is 51.9. The lowest BCUT2D eigenvalue weighted by atomic mass is 9.71. The van der Waals surface area contributed by atoms with E-state index in [9.17, 15) is 9.59 Å². The second-order valence-electron chi connectivity index (χ2n) is 22.9. The van der Waals surface area contributed by atoms with Crippen LogP contribution in [0.1, 0.15) is 121 Å². The fourth-order valence-electron chi connectivity index (χ4n) is 5.81. The number of carbonyl (C=O) groups is 2. The Hall–Kier alpha value is -4.93. The van der Waals surface area contributed by atoms with E-state index in [1.807, 2.05) is 48.5 Å². The Balaban J connectivity index is -0.000000825. The molecule has 0 aliphatic carbocycles. The molecule has 0 spiro atoms. The molecule has 7 heteroatoms. The molecule has 0 heterocycles. The van der Waals surface area contributed by atoms with Crippen molar-refractivity contribution >= 4 is 35.8 Å². The van der Waals surface area contributed by atoms with Gasteiger partial charge in [-0.25, -0.2) is 0 Å². The van der Waals surface area contributed by atoms with Crippen LogP contribution in [-0.4, -0.2) is 57.1 Å². The minimum atomic E-state index is -0.859. The SMILES string of the molecule is CC(=O)c1ccccc1.CC(C)(C)[Si](C)(C)C.CC(C)=O.CC(c1ccccc1)(c1ccccc1)c1ccccc1.CC[Si](C)(CC)CC.CCc1ccc(OC)cc1.CCc1ccccc1.COC.C[Si](C)(C)C. The van der Waals surface area contributed by atoms with Crippen LogP contribution < -0.4 is 4.74 Å². The second-order valence-corrected chi connectivity index (χ2v) is 40.6. The number of Topliss-reactive ketones (excluding diaryl/α,β-unsaturated/α-hetero) is 2. The van der Waals surface area contributed by atoms with Crippen LogP contribution in [0.5, 0.6) is 5.75 Å². The molecule has 0 aromatic heterocycles. The number of methoxy groups -OCH3 is 2. The highest BCUT2D eigenvalue weighted by Gasteiger charge is 2.31. The number of ether oxygens (including phenoxy) is 2. The van der Waals surface area contributed by atoms with Gasteiger partial charge >= 0.3 is 0 Å². The maximum atomic E-state index is 10.6. The lowest BCUT2D eigenvalue weighted by Gasteiger charge is -2.32. The van der Waals surface area contributed by atoms with E-state index in [1.54, 1.807) is 28.3 Å². The predicted molar refractivity (Wildman–Crippen MR) is 344 cm³/mol. The van der Waals surface area contributed by atoms with Crippen molar-refractivity contribution in [1.82, 2.24) is 0 Å². The normalized spacial score (nSPS) is 10.5. The number of carbonyl (C=O) groups excluding carboxylic acids is 2. The monoisotopic (exact) mass is 1070 g/mol. The van der Waals surface area contributed by atoms with Gasteiger partial charge in [-0.1, -0.05) is 290 Å². The number of hydrogen-bond acceptors (Lipinski definition) is 4. The van der Waals surface area contributed by atoms with Crippen LogP contribution in [0.4, 0.5) is 0 Å². The summed E-state index contributed by atoms with van der Waals surface area (Å²) in [6.07, 6.45) is 2.23. The van der Waals surface area contributed by atoms with Crippen LogP contribution >= 0.6 is 0 Å². The smallest absolute Gasteiger partial charge is 0.159 e. The molecule has 4 nitrogen and oxygen atoms in total. The van der Waals surface area contributed by atoms with E-state index in [1.165, 1.54) is 59.8 Å². The molecule has 0 atom stereocenters. The van der Waals surface area contributed by atoms with Crippen LogP contribution in [0.3, 0.4) is 0 Å². The zero-order valence-corrected chi connectivity index (χ0v) is 54.9. The summed E-state index contributed by atoms with van der Waals surface area (Å²) in [5, 5.41) is 0.576. The molecule has 0 N–H and O–H groups in total. The van der Waals surface area contributed by atoms with Gasteiger partial charge in [0.15, 0.2) is 5.78 Å². The van der Waals surface area contributed by atoms with Crippen LogP contribution in [0.2, 0.25) is 75.5 Å². The van der Waals surface area contributed by atoms with Crippen molar-refractivity contribution in [2.24, 2.45) is 0 Å². The third-order valence-electron chi connectivity index (χ3n) is 12.9. The fourth-order valence-corrected chi connectivity index (χ4v) is 7.31. The summed E-state index contributed by atoms with van der Waals surface area (Å²) >= 11 is 0. The van der Waals surface area contributed by atoms with Gasteiger partial charge in [0.25, 0.3) is 0 Å². The minimum Gasteiger partial charge on any atom is -0.497 e. The van der Waals surface area contributed by atoms with Crippen LogP contribution in [0.15, 0.2) is 176 Å². The van der Waals surface area contributed by atoms with Gasteiger partial charge in [-0.05, 0) is 85.5 Å². The van der Waals surface area contributed by atoms with E-state index < -0.39 is 24.2 Å². The largest absolute Gasteiger partial charge is 0.497 e. The van der Waals surface area contributed by atoms with Gasteiger partial charge in [-0.3, -0.25) is 4.79 Å². The van der Waals surface area contributed by atoms with E-state index in [0.717, 1.165) is 24.2 Å². The highest BCUT2D eigenvalue weighted by atomic mass is 28.3. The average Bonchev–Trinajstić information content (AvgIpc) is 3.39. The summed E-state index contributed by atoms with van der Waals surface area (Å²) in [5.41, 5.74) is 7.36. The van der Waals surface area contributed by atoms with Gasteiger partial charge < -0.3 is 14.3 Å². The minimum absolute atomic E-state index is 0.121. The van der Waals surface area contributed by atoms with E-state index in [-0.39, 0.29) is 17.0 Å². The molecule has 416 valence electrons. The summed E-state index contributed by atoms with van der Waals surface area (Å²) in [5.74, 6) is 1.22.